The predicted octanol–water partition coefficient (Wildman–Crippen LogP) is 2.04. The zero-order valence-electron chi connectivity index (χ0n) is 9.60. The second kappa shape index (κ2) is 4.10. The first-order valence-corrected chi connectivity index (χ1v) is 5.48. The molecule has 0 fully saturated rings. The maximum absolute atomic E-state index is 12.1. The number of fused-ring (bicyclic) bond motifs is 1. The van der Waals surface area contributed by atoms with E-state index in [1.807, 2.05) is 44.2 Å². The lowest BCUT2D eigenvalue weighted by molar-refractivity contribution is 0.595. The van der Waals surface area contributed by atoms with Crippen LogP contribution in [0.2, 0.25) is 0 Å². The number of rotatable bonds is 2. The number of aromatic nitrogens is 1. The van der Waals surface area contributed by atoms with E-state index in [0.29, 0.717) is 5.56 Å². The first kappa shape index (κ1) is 10.9. The van der Waals surface area contributed by atoms with Crippen molar-refractivity contribution in [2.24, 2.45) is 5.73 Å². The molecule has 0 saturated carbocycles. The lowest BCUT2D eigenvalue weighted by Crippen LogP contribution is -2.26. The molecular weight excluding hydrogens is 200 g/mol. The van der Waals surface area contributed by atoms with Crippen LogP contribution in [0.5, 0.6) is 0 Å². The third-order valence-electron chi connectivity index (χ3n) is 2.76. The topological polar surface area (TPSA) is 48.0 Å². The van der Waals surface area contributed by atoms with Gasteiger partial charge in [-0.1, -0.05) is 18.2 Å². The SMILES string of the molecule is CC(C)n1c(=O)c(CN)cc2ccccc21. The van der Waals surface area contributed by atoms with Gasteiger partial charge >= 0.3 is 0 Å². The fourth-order valence-electron chi connectivity index (χ4n) is 2.00. The van der Waals surface area contributed by atoms with E-state index in [4.69, 9.17) is 5.73 Å². The summed E-state index contributed by atoms with van der Waals surface area (Å²) in [6, 6.07) is 9.92. The van der Waals surface area contributed by atoms with Crippen molar-refractivity contribution >= 4 is 10.9 Å². The Hall–Kier alpha value is -1.61. The molecular formula is C13H16N2O. The van der Waals surface area contributed by atoms with Crippen LogP contribution in [0.4, 0.5) is 0 Å². The fraction of sp³-hybridized carbons (Fsp3) is 0.308. The smallest absolute Gasteiger partial charge is 0.255 e. The number of hydrogen-bond donors (Lipinski definition) is 1. The number of nitrogens with two attached hydrogens (primary N) is 1. The number of benzene rings is 1. The third-order valence-corrected chi connectivity index (χ3v) is 2.76. The largest absolute Gasteiger partial charge is 0.326 e. The van der Waals surface area contributed by atoms with Gasteiger partial charge in [0, 0.05) is 18.2 Å². The molecule has 1 aromatic carbocycles. The van der Waals surface area contributed by atoms with Crippen molar-refractivity contribution in [2.45, 2.75) is 26.4 Å². The molecule has 1 heterocycles. The van der Waals surface area contributed by atoms with Crippen molar-refractivity contribution in [3.8, 4) is 0 Å². The van der Waals surface area contributed by atoms with Crippen LogP contribution >= 0.6 is 0 Å². The number of pyridine rings is 1. The van der Waals surface area contributed by atoms with Crippen LogP contribution in [-0.4, -0.2) is 4.57 Å². The second-order valence-electron chi connectivity index (χ2n) is 4.20. The third kappa shape index (κ3) is 1.63. The summed E-state index contributed by atoms with van der Waals surface area (Å²) in [6.07, 6.45) is 0. The van der Waals surface area contributed by atoms with Crippen LogP contribution in [0.25, 0.3) is 10.9 Å². The van der Waals surface area contributed by atoms with Crippen molar-refractivity contribution in [2.75, 3.05) is 0 Å². The van der Waals surface area contributed by atoms with Crippen LogP contribution in [0.1, 0.15) is 25.5 Å². The van der Waals surface area contributed by atoms with Crippen LogP contribution < -0.4 is 11.3 Å². The number of para-hydroxylation sites is 1. The molecule has 0 unspecified atom stereocenters. The Balaban J connectivity index is 2.91. The standard InChI is InChI=1S/C13H16N2O/c1-9(2)15-12-6-4-3-5-10(12)7-11(8-14)13(15)16/h3-7,9H,8,14H2,1-2H3. The van der Waals surface area contributed by atoms with E-state index in [-0.39, 0.29) is 18.1 Å². The van der Waals surface area contributed by atoms with Gasteiger partial charge in [0.1, 0.15) is 0 Å². The molecule has 2 N–H and O–H groups in total. The molecule has 0 spiro atoms. The summed E-state index contributed by atoms with van der Waals surface area (Å²) >= 11 is 0. The first-order chi connectivity index (χ1) is 7.65. The normalized spacial score (nSPS) is 11.2. The summed E-state index contributed by atoms with van der Waals surface area (Å²) in [6.45, 7) is 4.30. The van der Waals surface area contributed by atoms with Gasteiger partial charge in [0.05, 0.1) is 5.52 Å². The van der Waals surface area contributed by atoms with Gasteiger partial charge in [-0.2, -0.15) is 0 Å². The highest BCUT2D eigenvalue weighted by atomic mass is 16.1. The van der Waals surface area contributed by atoms with E-state index in [0.717, 1.165) is 10.9 Å². The Kier molecular flexibility index (Phi) is 2.79. The summed E-state index contributed by atoms with van der Waals surface area (Å²) in [4.78, 5) is 12.1. The highest BCUT2D eigenvalue weighted by molar-refractivity contribution is 5.79. The summed E-state index contributed by atoms with van der Waals surface area (Å²) < 4.78 is 1.80. The molecule has 0 amide bonds. The van der Waals surface area contributed by atoms with E-state index in [2.05, 4.69) is 0 Å². The zero-order valence-corrected chi connectivity index (χ0v) is 9.60. The molecule has 1 aromatic heterocycles. The molecule has 0 bridgehead atoms. The minimum atomic E-state index is 0.0243. The molecule has 16 heavy (non-hydrogen) atoms. The van der Waals surface area contributed by atoms with Crippen LogP contribution in [0.3, 0.4) is 0 Å². The highest BCUT2D eigenvalue weighted by Crippen LogP contribution is 2.16. The Morgan fingerprint density at radius 1 is 1.31 bits per heavy atom. The molecule has 3 heteroatoms. The Morgan fingerprint density at radius 2 is 2.00 bits per heavy atom. The monoisotopic (exact) mass is 216 g/mol. The van der Waals surface area contributed by atoms with Crippen molar-refractivity contribution in [1.29, 1.82) is 0 Å². The van der Waals surface area contributed by atoms with Gasteiger partial charge in [0.2, 0.25) is 0 Å². The van der Waals surface area contributed by atoms with E-state index < -0.39 is 0 Å². The minimum absolute atomic E-state index is 0.0243. The summed E-state index contributed by atoms with van der Waals surface area (Å²) in [5.74, 6) is 0. The molecule has 3 nitrogen and oxygen atoms in total. The Morgan fingerprint density at radius 3 is 2.62 bits per heavy atom. The quantitative estimate of drug-likeness (QED) is 0.835. The maximum Gasteiger partial charge on any atom is 0.255 e. The Labute approximate surface area is 94.5 Å². The van der Waals surface area contributed by atoms with Crippen LogP contribution in [0, 0.1) is 0 Å². The first-order valence-electron chi connectivity index (χ1n) is 5.48. The Bertz CT molecular complexity index is 570. The summed E-state index contributed by atoms with van der Waals surface area (Å²) in [5, 5.41) is 1.07. The van der Waals surface area contributed by atoms with Gasteiger partial charge in [-0.25, -0.2) is 0 Å². The predicted molar refractivity (Wildman–Crippen MR) is 66.5 cm³/mol. The second-order valence-corrected chi connectivity index (χ2v) is 4.20. The van der Waals surface area contributed by atoms with Gasteiger partial charge in [-0.15, -0.1) is 0 Å². The summed E-state index contributed by atoms with van der Waals surface area (Å²) in [5.41, 5.74) is 7.27. The van der Waals surface area contributed by atoms with Crippen LogP contribution in [0.15, 0.2) is 35.1 Å². The molecule has 2 aromatic rings. The van der Waals surface area contributed by atoms with E-state index in [9.17, 15) is 4.79 Å². The fourth-order valence-corrected chi connectivity index (χ4v) is 2.00. The zero-order chi connectivity index (χ0) is 11.7. The average Bonchev–Trinajstić information content (AvgIpc) is 2.27. The molecule has 0 saturated heterocycles. The lowest BCUT2D eigenvalue weighted by Gasteiger charge is -2.15. The number of hydrogen-bond acceptors (Lipinski definition) is 2. The van der Waals surface area contributed by atoms with Crippen molar-refractivity contribution in [3.05, 3.63) is 46.2 Å². The van der Waals surface area contributed by atoms with Crippen molar-refractivity contribution in [1.82, 2.24) is 4.57 Å². The summed E-state index contributed by atoms with van der Waals surface area (Å²) in [7, 11) is 0. The molecule has 0 atom stereocenters. The highest BCUT2D eigenvalue weighted by Gasteiger charge is 2.09. The van der Waals surface area contributed by atoms with Crippen LogP contribution in [-0.2, 0) is 6.54 Å². The minimum Gasteiger partial charge on any atom is -0.326 e. The van der Waals surface area contributed by atoms with E-state index >= 15 is 0 Å². The molecule has 2 rings (SSSR count). The molecule has 0 aliphatic heterocycles. The molecule has 0 aliphatic rings. The van der Waals surface area contributed by atoms with Gasteiger partial charge in [-0.3, -0.25) is 4.79 Å². The molecule has 0 radical (unpaired) electrons. The average molecular weight is 216 g/mol. The maximum atomic E-state index is 12.1. The van der Waals surface area contributed by atoms with Crippen molar-refractivity contribution in [3.63, 3.8) is 0 Å². The molecule has 0 aliphatic carbocycles. The number of nitrogens with zero attached hydrogens (tertiary/aromatic N) is 1. The van der Waals surface area contributed by atoms with E-state index in [1.54, 1.807) is 4.57 Å². The van der Waals surface area contributed by atoms with Crippen molar-refractivity contribution < 1.29 is 0 Å². The van der Waals surface area contributed by atoms with Gasteiger partial charge in [0.25, 0.3) is 5.56 Å². The van der Waals surface area contributed by atoms with Gasteiger partial charge in [0.15, 0.2) is 0 Å². The van der Waals surface area contributed by atoms with Gasteiger partial charge < -0.3 is 10.3 Å². The molecule has 84 valence electrons. The lowest BCUT2D eigenvalue weighted by atomic mass is 10.1. The van der Waals surface area contributed by atoms with Gasteiger partial charge in [-0.05, 0) is 31.4 Å². The van der Waals surface area contributed by atoms with E-state index in [1.165, 1.54) is 0 Å².